The van der Waals surface area contributed by atoms with E-state index in [-0.39, 0.29) is 0 Å². The zero-order valence-corrected chi connectivity index (χ0v) is 8.96. The van der Waals surface area contributed by atoms with Crippen LogP contribution in [0.15, 0.2) is 18.2 Å². The summed E-state index contributed by atoms with van der Waals surface area (Å²) in [5, 5.41) is 3.41. The Morgan fingerprint density at radius 3 is 2.93 bits per heavy atom. The first-order valence-electron chi connectivity index (χ1n) is 5.88. The van der Waals surface area contributed by atoms with Crippen molar-refractivity contribution in [2.24, 2.45) is 0 Å². The number of anilines is 1. The van der Waals surface area contributed by atoms with E-state index >= 15 is 0 Å². The van der Waals surface area contributed by atoms with Crippen molar-refractivity contribution in [1.82, 2.24) is 0 Å². The first kappa shape index (κ1) is 9.22. The average Bonchev–Trinajstić information content (AvgIpc) is 2.77. The lowest BCUT2D eigenvalue weighted by Crippen LogP contribution is -2.14. The smallest absolute Gasteiger partial charge is 0.0471 e. The van der Waals surface area contributed by atoms with Crippen LogP contribution in [-0.4, -0.2) is 19.8 Å². The van der Waals surface area contributed by atoms with E-state index in [1.807, 2.05) is 0 Å². The van der Waals surface area contributed by atoms with Gasteiger partial charge >= 0.3 is 0 Å². The topological polar surface area (TPSA) is 21.3 Å². The molecule has 0 radical (unpaired) electrons. The van der Waals surface area contributed by atoms with Gasteiger partial charge in [0.1, 0.15) is 0 Å². The second-order valence-corrected chi connectivity index (χ2v) is 4.48. The van der Waals surface area contributed by atoms with Gasteiger partial charge in [0.15, 0.2) is 0 Å². The predicted molar refractivity (Wildman–Crippen MR) is 61.4 cm³/mol. The van der Waals surface area contributed by atoms with Crippen molar-refractivity contribution in [2.45, 2.75) is 25.2 Å². The minimum atomic E-state index is 0.727. The van der Waals surface area contributed by atoms with E-state index in [0.29, 0.717) is 0 Å². The standard InChI is InChI=1S/C13H17NO/c1-2-13-12(3-6-14-13)9-11(1)10-4-7-15-8-5-10/h1-2,9-10,14H,3-8H2. The summed E-state index contributed by atoms with van der Waals surface area (Å²) in [5.41, 5.74) is 4.35. The number of rotatable bonds is 1. The Morgan fingerprint density at radius 2 is 2.07 bits per heavy atom. The Labute approximate surface area is 90.6 Å². The van der Waals surface area contributed by atoms with Gasteiger partial charge in [0.05, 0.1) is 0 Å². The Kier molecular flexibility index (Phi) is 2.37. The first-order chi connectivity index (χ1) is 7.43. The highest BCUT2D eigenvalue weighted by Crippen LogP contribution is 2.31. The van der Waals surface area contributed by atoms with Crippen LogP contribution in [0.3, 0.4) is 0 Å². The monoisotopic (exact) mass is 203 g/mol. The summed E-state index contributed by atoms with van der Waals surface area (Å²) < 4.78 is 5.40. The SMILES string of the molecule is c1cc2c(cc1C1CCOCC1)CCN2. The lowest BCUT2D eigenvalue weighted by molar-refractivity contribution is 0.0853. The highest BCUT2D eigenvalue weighted by Gasteiger charge is 2.18. The van der Waals surface area contributed by atoms with Crippen molar-refractivity contribution in [3.8, 4) is 0 Å². The number of benzene rings is 1. The summed E-state index contributed by atoms with van der Waals surface area (Å²) >= 11 is 0. The third-order valence-corrected chi connectivity index (χ3v) is 3.53. The van der Waals surface area contributed by atoms with E-state index in [0.717, 1.165) is 25.7 Å². The molecule has 0 amide bonds. The average molecular weight is 203 g/mol. The molecule has 2 aliphatic heterocycles. The minimum Gasteiger partial charge on any atom is -0.384 e. The third kappa shape index (κ3) is 1.74. The van der Waals surface area contributed by atoms with Crippen LogP contribution >= 0.6 is 0 Å². The minimum absolute atomic E-state index is 0.727. The molecule has 0 aromatic heterocycles. The number of hydrogen-bond acceptors (Lipinski definition) is 2. The van der Waals surface area contributed by atoms with Crippen LogP contribution in [0.4, 0.5) is 5.69 Å². The van der Waals surface area contributed by atoms with Gasteiger partial charge in [-0.15, -0.1) is 0 Å². The van der Waals surface area contributed by atoms with Gasteiger partial charge in [0.25, 0.3) is 0 Å². The van der Waals surface area contributed by atoms with Crippen molar-refractivity contribution in [3.63, 3.8) is 0 Å². The van der Waals surface area contributed by atoms with Gasteiger partial charge in [-0.05, 0) is 42.4 Å². The predicted octanol–water partition coefficient (Wildman–Crippen LogP) is 2.55. The number of fused-ring (bicyclic) bond motifs is 1. The Hall–Kier alpha value is -1.02. The molecule has 80 valence electrons. The van der Waals surface area contributed by atoms with Crippen LogP contribution in [0.25, 0.3) is 0 Å². The van der Waals surface area contributed by atoms with Crippen molar-refractivity contribution >= 4 is 5.69 Å². The van der Waals surface area contributed by atoms with Crippen LogP contribution in [0.5, 0.6) is 0 Å². The van der Waals surface area contributed by atoms with E-state index in [1.54, 1.807) is 0 Å². The molecule has 15 heavy (non-hydrogen) atoms. The summed E-state index contributed by atoms with van der Waals surface area (Å²) in [6.07, 6.45) is 3.56. The van der Waals surface area contributed by atoms with Gasteiger partial charge in [-0.2, -0.15) is 0 Å². The van der Waals surface area contributed by atoms with Crippen LogP contribution in [0.2, 0.25) is 0 Å². The van der Waals surface area contributed by atoms with Gasteiger partial charge in [0.2, 0.25) is 0 Å². The van der Waals surface area contributed by atoms with E-state index in [2.05, 4.69) is 23.5 Å². The molecule has 2 heterocycles. The molecule has 0 bridgehead atoms. The van der Waals surface area contributed by atoms with Crippen LogP contribution < -0.4 is 5.32 Å². The molecule has 0 aliphatic carbocycles. The molecule has 0 atom stereocenters. The normalized spacial score (nSPS) is 21.1. The largest absolute Gasteiger partial charge is 0.384 e. The second kappa shape index (κ2) is 3.86. The fourth-order valence-electron chi connectivity index (χ4n) is 2.61. The second-order valence-electron chi connectivity index (χ2n) is 4.48. The summed E-state index contributed by atoms with van der Waals surface area (Å²) in [4.78, 5) is 0. The highest BCUT2D eigenvalue weighted by molar-refractivity contribution is 5.56. The third-order valence-electron chi connectivity index (χ3n) is 3.53. The quantitative estimate of drug-likeness (QED) is 0.757. The van der Waals surface area contributed by atoms with Gasteiger partial charge in [-0.1, -0.05) is 12.1 Å². The van der Waals surface area contributed by atoms with Crippen molar-refractivity contribution < 1.29 is 4.74 Å². The molecule has 1 fully saturated rings. The molecule has 1 saturated heterocycles. The molecule has 1 N–H and O–H groups in total. The molecule has 1 aromatic rings. The lowest BCUT2D eigenvalue weighted by atomic mass is 9.90. The fourth-order valence-corrected chi connectivity index (χ4v) is 2.61. The highest BCUT2D eigenvalue weighted by atomic mass is 16.5. The van der Waals surface area contributed by atoms with E-state index < -0.39 is 0 Å². The Balaban J connectivity index is 1.85. The maximum absolute atomic E-state index is 5.40. The summed E-state index contributed by atoms with van der Waals surface area (Å²) in [5.74, 6) is 0.727. The fraction of sp³-hybridized carbons (Fsp3) is 0.538. The van der Waals surface area contributed by atoms with Crippen molar-refractivity contribution in [2.75, 3.05) is 25.1 Å². The maximum Gasteiger partial charge on any atom is 0.0471 e. The number of nitrogens with one attached hydrogen (secondary N) is 1. The Bertz CT molecular complexity index is 356. The molecule has 0 saturated carbocycles. The molecule has 2 aliphatic rings. The van der Waals surface area contributed by atoms with E-state index in [4.69, 9.17) is 4.74 Å². The summed E-state index contributed by atoms with van der Waals surface area (Å²) in [6.45, 7) is 2.96. The molecule has 0 spiro atoms. The van der Waals surface area contributed by atoms with Gasteiger partial charge in [-0.25, -0.2) is 0 Å². The molecular weight excluding hydrogens is 186 g/mol. The molecular formula is C13H17NO. The Morgan fingerprint density at radius 1 is 1.20 bits per heavy atom. The molecule has 3 rings (SSSR count). The molecule has 2 heteroatoms. The zero-order valence-electron chi connectivity index (χ0n) is 8.96. The van der Waals surface area contributed by atoms with Crippen LogP contribution in [0.1, 0.15) is 29.9 Å². The summed E-state index contributed by atoms with van der Waals surface area (Å²) in [7, 11) is 0. The van der Waals surface area contributed by atoms with Gasteiger partial charge in [-0.3, -0.25) is 0 Å². The van der Waals surface area contributed by atoms with Crippen LogP contribution in [-0.2, 0) is 11.2 Å². The van der Waals surface area contributed by atoms with Gasteiger partial charge < -0.3 is 10.1 Å². The number of hydrogen-bond donors (Lipinski definition) is 1. The molecule has 2 nitrogen and oxygen atoms in total. The number of ether oxygens (including phenoxy) is 1. The van der Waals surface area contributed by atoms with E-state index in [1.165, 1.54) is 36.1 Å². The lowest BCUT2D eigenvalue weighted by Gasteiger charge is -2.22. The van der Waals surface area contributed by atoms with E-state index in [9.17, 15) is 0 Å². The van der Waals surface area contributed by atoms with Crippen molar-refractivity contribution in [1.29, 1.82) is 0 Å². The first-order valence-corrected chi connectivity index (χ1v) is 5.88. The van der Waals surface area contributed by atoms with Crippen molar-refractivity contribution in [3.05, 3.63) is 29.3 Å². The summed E-state index contributed by atoms with van der Waals surface area (Å²) in [6, 6.07) is 6.92. The maximum atomic E-state index is 5.40. The molecule has 0 unspecified atom stereocenters. The molecule has 1 aromatic carbocycles. The zero-order chi connectivity index (χ0) is 10.1. The van der Waals surface area contributed by atoms with Gasteiger partial charge in [0, 0.05) is 25.4 Å². The van der Waals surface area contributed by atoms with Crippen LogP contribution in [0, 0.1) is 0 Å².